The number of hydrogen-bond donors (Lipinski definition) is 1. The average molecular weight is 251 g/mol. The first-order valence-corrected chi connectivity index (χ1v) is 6.08. The van der Waals surface area contributed by atoms with Crippen molar-refractivity contribution in [2.24, 2.45) is 0 Å². The predicted molar refractivity (Wildman–Crippen MR) is 56.2 cm³/mol. The van der Waals surface area contributed by atoms with E-state index in [0.29, 0.717) is 5.56 Å². The topological polar surface area (TPSA) is 89.3 Å². The molecule has 0 radical (unpaired) electrons. The Morgan fingerprint density at radius 2 is 2.07 bits per heavy atom. The van der Waals surface area contributed by atoms with Crippen molar-refractivity contribution in [2.45, 2.75) is 6.92 Å². The maximum absolute atomic E-state index is 10.7. The summed E-state index contributed by atoms with van der Waals surface area (Å²) in [7, 11) is 0.894. The molecular weight excluding hydrogens is 244 g/mol. The molecule has 0 aromatic heterocycles. The smallest absolute Gasteiger partial charge is 0.264 e. The molecule has 1 aromatic rings. The Morgan fingerprint density at radius 1 is 1.47 bits per heavy atom. The number of benzene rings is 1. The van der Waals surface area contributed by atoms with Crippen LogP contribution in [0.25, 0.3) is 0 Å². The van der Waals surface area contributed by atoms with Crippen LogP contribution in [0.3, 0.4) is 0 Å². The summed E-state index contributed by atoms with van der Waals surface area (Å²) in [6.45, 7) is 1.66. The van der Waals surface area contributed by atoms with Crippen LogP contribution in [-0.4, -0.2) is 13.3 Å². The molecule has 0 fully saturated rings. The summed E-state index contributed by atoms with van der Waals surface area (Å²) in [6.07, 6.45) is 0. The quantitative estimate of drug-likeness (QED) is 0.503. The Bertz CT molecular complexity index is 500. The Hall–Kier alpha value is -1.34. The van der Waals surface area contributed by atoms with Gasteiger partial charge in [-0.25, -0.2) is 0 Å². The monoisotopic (exact) mass is 250 g/mol. The highest BCUT2D eigenvalue weighted by molar-refractivity contribution is 8.14. The largest absolute Gasteiger partial charge is 0.319 e. The Morgan fingerprint density at radius 3 is 2.53 bits per heavy atom. The minimum Gasteiger partial charge on any atom is -0.264 e. The van der Waals surface area contributed by atoms with Gasteiger partial charge >= 0.3 is 9.24 Å². The van der Waals surface area contributed by atoms with Gasteiger partial charge in [-0.1, -0.05) is 6.07 Å². The minimum absolute atomic E-state index is 0.152. The molecule has 0 amide bonds. The molecule has 0 unspecified atom stereocenters. The molecule has 0 saturated carbocycles. The molecule has 8 heteroatoms. The number of nitro benzene ring substituents is 1. The molecule has 0 atom stereocenters. The molecule has 0 aliphatic rings. The second kappa shape index (κ2) is 4.03. The van der Waals surface area contributed by atoms with Crippen molar-refractivity contribution in [1.29, 1.82) is 0 Å². The maximum atomic E-state index is 10.7. The van der Waals surface area contributed by atoms with Gasteiger partial charge in [-0.3, -0.25) is 14.8 Å². The Balaban J connectivity index is 3.24. The van der Waals surface area contributed by atoms with Crippen LogP contribution in [0, 0.1) is 17.0 Å². The molecule has 0 bridgehead atoms. The maximum Gasteiger partial charge on any atom is 0.319 e. The lowest BCUT2D eigenvalue weighted by atomic mass is 10.2. The number of rotatable bonds is 3. The van der Waals surface area contributed by atoms with E-state index < -0.39 is 14.2 Å². The van der Waals surface area contributed by atoms with Crippen molar-refractivity contribution in [3.63, 3.8) is 0 Å². The molecule has 0 aliphatic heterocycles. The zero-order valence-electron chi connectivity index (χ0n) is 7.60. The highest BCUT2D eigenvalue weighted by atomic mass is 35.7. The predicted octanol–water partition coefficient (Wildman–Crippen LogP) is 1.80. The lowest BCUT2D eigenvalue weighted by Crippen LogP contribution is -2.06. The highest BCUT2D eigenvalue weighted by Gasteiger charge is 2.17. The van der Waals surface area contributed by atoms with E-state index in [-0.39, 0.29) is 11.4 Å². The van der Waals surface area contributed by atoms with Crippen LogP contribution in [0.5, 0.6) is 0 Å². The minimum atomic E-state index is -4.03. The normalized spacial score (nSPS) is 11.1. The van der Waals surface area contributed by atoms with E-state index >= 15 is 0 Å². The molecule has 0 aliphatic carbocycles. The average Bonchev–Trinajstić information content (AvgIpc) is 2.05. The Labute approximate surface area is 90.6 Å². The third kappa shape index (κ3) is 3.37. The second-order valence-corrected chi connectivity index (χ2v) is 5.12. The van der Waals surface area contributed by atoms with Crippen LogP contribution < -0.4 is 4.72 Å². The molecule has 6 nitrogen and oxygen atoms in total. The summed E-state index contributed by atoms with van der Waals surface area (Å²) in [5.74, 6) is 0. The van der Waals surface area contributed by atoms with Crippen LogP contribution in [0.15, 0.2) is 18.2 Å². The molecule has 15 heavy (non-hydrogen) atoms. The van der Waals surface area contributed by atoms with Gasteiger partial charge in [-0.15, -0.1) is 0 Å². The number of nitrogens with one attached hydrogen (secondary N) is 1. The van der Waals surface area contributed by atoms with E-state index in [1.54, 1.807) is 6.92 Å². The molecule has 0 spiro atoms. The van der Waals surface area contributed by atoms with Crippen LogP contribution in [0.4, 0.5) is 11.4 Å². The van der Waals surface area contributed by atoms with Gasteiger partial charge in [0.1, 0.15) is 5.69 Å². The van der Waals surface area contributed by atoms with Crippen LogP contribution in [-0.2, 0) is 9.24 Å². The van der Waals surface area contributed by atoms with Crippen molar-refractivity contribution in [2.75, 3.05) is 4.72 Å². The number of aryl methyl sites for hydroxylation is 1. The zero-order chi connectivity index (χ0) is 11.6. The van der Waals surface area contributed by atoms with Crippen LogP contribution in [0.1, 0.15) is 5.56 Å². The summed E-state index contributed by atoms with van der Waals surface area (Å²) in [6, 6.07) is 4.08. The third-order valence-corrected chi connectivity index (χ3v) is 2.28. The van der Waals surface area contributed by atoms with Crippen molar-refractivity contribution in [3.8, 4) is 0 Å². The van der Waals surface area contributed by atoms with Gasteiger partial charge in [-0.05, 0) is 18.6 Å². The molecule has 1 rings (SSSR count). The van der Waals surface area contributed by atoms with Crippen molar-refractivity contribution >= 4 is 31.3 Å². The number of nitrogens with zero attached hydrogens (tertiary/aromatic N) is 1. The van der Waals surface area contributed by atoms with Crippen molar-refractivity contribution in [1.82, 2.24) is 0 Å². The Kier molecular flexibility index (Phi) is 3.15. The van der Waals surface area contributed by atoms with Crippen LogP contribution in [0.2, 0.25) is 0 Å². The molecule has 82 valence electrons. The van der Waals surface area contributed by atoms with Gasteiger partial charge in [0, 0.05) is 16.7 Å². The summed E-state index contributed by atoms with van der Waals surface area (Å²) in [4.78, 5) is 9.90. The SMILES string of the molecule is Cc1ccc(NS(=O)(=O)Cl)c([N+](=O)[O-])c1. The number of halogens is 1. The van der Waals surface area contributed by atoms with E-state index in [4.69, 9.17) is 10.7 Å². The van der Waals surface area contributed by atoms with Crippen LogP contribution >= 0.6 is 10.7 Å². The molecule has 0 saturated heterocycles. The lowest BCUT2D eigenvalue weighted by molar-refractivity contribution is -0.383. The summed E-state index contributed by atoms with van der Waals surface area (Å²) in [5, 5.41) is 10.6. The summed E-state index contributed by atoms with van der Waals surface area (Å²) < 4.78 is 23.2. The van der Waals surface area contributed by atoms with E-state index in [0.717, 1.165) is 0 Å². The first-order valence-electron chi connectivity index (χ1n) is 3.77. The molecular formula is C7H7ClN2O4S. The van der Waals surface area contributed by atoms with E-state index in [9.17, 15) is 18.5 Å². The molecule has 1 aromatic carbocycles. The fraction of sp³-hybridized carbons (Fsp3) is 0.143. The second-order valence-electron chi connectivity index (χ2n) is 2.82. The van der Waals surface area contributed by atoms with Gasteiger partial charge in [-0.2, -0.15) is 8.42 Å². The number of hydrogen-bond acceptors (Lipinski definition) is 4. The number of anilines is 1. The zero-order valence-corrected chi connectivity index (χ0v) is 9.17. The van der Waals surface area contributed by atoms with Crippen molar-refractivity contribution < 1.29 is 13.3 Å². The summed E-state index contributed by atoms with van der Waals surface area (Å²) >= 11 is 0. The first kappa shape index (κ1) is 11.7. The van der Waals surface area contributed by atoms with Gasteiger partial charge in [0.05, 0.1) is 4.92 Å². The van der Waals surface area contributed by atoms with E-state index in [2.05, 4.69) is 0 Å². The first-order chi connectivity index (χ1) is 6.79. The summed E-state index contributed by atoms with van der Waals surface area (Å²) in [5.41, 5.74) is 0.166. The fourth-order valence-electron chi connectivity index (χ4n) is 1.01. The highest BCUT2D eigenvalue weighted by Crippen LogP contribution is 2.26. The standard InChI is InChI=1S/C7H7ClN2O4S/c1-5-2-3-6(9-15(8,13)14)7(4-5)10(11)12/h2-4,9H,1H3. The van der Waals surface area contributed by atoms with E-state index in [1.165, 1.54) is 18.2 Å². The van der Waals surface area contributed by atoms with Gasteiger partial charge in [0.25, 0.3) is 5.69 Å². The lowest BCUT2D eigenvalue weighted by Gasteiger charge is -2.03. The van der Waals surface area contributed by atoms with Gasteiger partial charge < -0.3 is 0 Å². The number of nitro groups is 1. The van der Waals surface area contributed by atoms with Gasteiger partial charge in [0.15, 0.2) is 0 Å². The fourth-order valence-corrected chi connectivity index (χ4v) is 1.70. The van der Waals surface area contributed by atoms with Crippen molar-refractivity contribution in [3.05, 3.63) is 33.9 Å². The third-order valence-electron chi connectivity index (χ3n) is 1.58. The molecule has 1 N–H and O–H groups in total. The molecule has 0 heterocycles. The van der Waals surface area contributed by atoms with Gasteiger partial charge in [0.2, 0.25) is 0 Å². The van der Waals surface area contributed by atoms with E-state index in [1.807, 2.05) is 4.72 Å².